The maximum absolute atomic E-state index is 14.4. The van der Waals surface area contributed by atoms with Gasteiger partial charge in [-0.05, 0) is 91.6 Å². The summed E-state index contributed by atoms with van der Waals surface area (Å²) in [6.45, 7) is 12.9. The number of aliphatic hydroxyl groups is 1. The van der Waals surface area contributed by atoms with Gasteiger partial charge in [-0.25, -0.2) is 0 Å². The van der Waals surface area contributed by atoms with Crippen LogP contribution in [0.5, 0.6) is 0 Å². The second kappa shape index (κ2) is 7.28. The van der Waals surface area contributed by atoms with E-state index in [0.717, 1.165) is 31.3 Å². The van der Waals surface area contributed by atoms with E-state index < -0.39 is 16.2 Å². The van der Waals surface area contributed by atoms with E-state index in [1.807, 2.05) is 13.0 Å². The molecule has 1 heterocycles. The highest BCUT2D eigenvalue weighted by Crippen LogP contribution is 2.76. The average molecular weight is 513 g/mol. The monoisotopic (exact) mass is 512 g/mol. The Morgan fingerprint density at radius 3 is 2.35 bits per heavy atom. The highest BCUT2D eigenvalue weighted by Gasteiger charge is 2.75. The lowest BCUT2D eigenvalue weighted by molar-refractivity contribution is -0.214. The van der Waals surface area contributed by atoms with Gasteiger partial charge in [-0.15, -0.1) is 0 Å². The predicted molar refractivity (Wildman–Crippen MR) is 137 cm³/mol. The van der Waals surface area contributed by atoms with Crippen LogP contribution < -0.4 is 0 Å². The van der Waals surface area contributed by atoms with Gasteiger partial charge < -0.3 is 14.6 Å². The maximum Gasteiger partial charge on any atom is 0.316 e. The van der Waals surface area contributed by atoms with Crippen LogP contribution in [-0.2, 0) is 23.9 Å². The smallest absolute Gasteiger partial charge is 0.316 e. The van der Waals surface area contributed by atoms with Gasteiger partial charge in [0.05, 0.1) is 24.0 Å². The summed E-state index contributed by atoms with van der Waals surface area (Å²) in [6.07, 6.45) is 7.00. The molecule has 0 aromatic rings. The molecule has 5 fully saturated rings. The van der Waals surface area contributed by atoms with Crippen molar-refractivity contribution in [1.29, 1.82) is 0 Å². The standard InChI is InChI=1S/C31H44O6/c1-26(2)20-8-11-30(6)23(29(20,5)10-9-21(26)33)19(32)14-17-18-15-27(3)16-22(37-24(27)34)28(18,4)12-13-31(17,30)25(35)36-7/h14,18,20-23,33H,8-13,15-16H2,1-7H3/t18-,20?,21-,22-,23?,27-,28+,29-,30+,31+/m0/s1. The molecule has 4 saturated carbocycles. The van der Waals surface area contributed by atoms with Crippen LogP contribution in [0.25, 0.3) is 0 Å². The average Bonchev–Trinajstić information content (AvgIpc) is 3.08. The highest BCUT2D eigenvalue weighted by atomic mass is 16.6. The van der Waals surface area contributed by atoms with Crippen LogP contribution >= 0.6 is 0 Å². The van der Waals surface area contributed by atoms with Crippen LogP contribution in [0.15, 0.2) is 11.6 Å². The van der Waals surface area contributed by atoms with Crippen molar-refractivity contribution in [2.45, 2.75) is 105 Å². The minimum Gasteiger partial charge on any atom is -0.468 e. The van der Waals surface area contributed by atoms with E-state index in [1.165, 1.54) is 7.11 Å². The van der Waals surface area contributed by atoms with Crippen LogP contribution in [0.4, 0.5) is 0 Å². The molecular weight excluding hydrogens is 468 g/mol. The molecule has 6 aliphatic rings. The zero-order chi connectivity index (χ0) is 27.0. The van der Waals surface area contributed by atoms with Crippen LogP contribution in [0, 0.1) is 50.2 Å². The number of carbonyl (C=O) groups is 3. The fourth-order valence-corrected chi connectivity index (χ4v) is 11.2. The molecule has 1 N–H and O–H groups in total. The molecule has 2 unspecified atom stereocenters. The Kier molecular flexibility index (Phi) is 5.03. The fraction of sp³-hybridized carbons (Fsp3) is 0.839. The van der Waals surface area contributed by atoms with E-state index in [9.17, 15) is 19.5 Å². The number of rotatable bonds is 1. The molecule has 6 heteroatoms. The van der Waals surface area contributed by atoms with E-state index >= 15 is 0 Å². The fourth-order valence-electron chi connectivity index (χ4n) is 11.2. The third-order valence-corrected chi connectivity index (χ3v) is 13.3. The minimum absolute atomic E-state index is 0.0765. The van der Waals surface area contributed by atoms with Crippen molar-refractivity contribution >= 4 is 17.7 Å². The number of esters is 2. The third kappa shape index (κ3) is 2.74. The van der Waals surface area contributed by atoms with Crippen molar-refractivity contribution in [2.24, 2.45) is 50.2 Å². The molecule has 6 nitrogen and oxygen atoms in total. The SMILES string of the molecule is COC(=O)[C@@]12CC[C@@]3(C)[C@@H]4C[C@](C)(C[C@H]3C1=CC(=O)C1[C@@]3(C)CC[C@H](O)C(C)(C)C3CC[C@]12C)C(=O)O4. The Balaban J connectivity index is 1.55. The first-order valence-corrected chi connectivity index (χ1v) is 14.4. The Morgan fingerprint density at radius 1 is 0.973 bits per heavy atom. The van der Waals surface area contributed by atoms with E-state index in [4.69, 9.17) is 9.47 Å². The molecule has 10 atom stereocenters. The highest BCUT2D eigenvalue weighted by molar-refractivity contribution is 5.99. The summed E-state index contributed by atoms with van der Waals surface area (Å²) in [6, 6.07) is 0. The maximum atomic E-state index is 14.4. The van der Waals surface area contributed by atoms with Crippen molar-refractivity contribution in [1.82, 2.24) is 0 Å². The lowest BCUT2D eigenvalue weighted by Crippen LogP contribution is -2.69. The quantitative estimate of drug-likeness (QED) is 0.497. The topological polar surface area (TPSA) is 89.9 Å². The Bertz CT molecular complexity index is 1120. The molecule has 37 heavy (non-hydrogen) atoms. The Labute approximate surface area is 220 Å². The van der Waals surface area contributed by atoms with Crippen molar-refractivity contribution in [3.63, 3.8) is 0 Å². The zero-order valence-corrected chi connectivity index (χ0v) is 23.6. The number of methoxy groups -OCH3 is 1. The van der Waals surface area contributed by atoms with Crippen molar-refractivity contribution in [3.05, 3.63) is 11.6 Å². The molecular formula is C31H44O6. The summed E-state index contributed by atoms with van der Waals surface area (Å²) in [4.78, 5) is 41.4. The molecule has 0 amide bonds. The number of ether oxygens (including phenoxy) is 2. The molecule has 0 aromatic carbocycles. The minimum atomic E-state index is -0.894. The van der Waals surface area contributed by atoms with Gasteiger partial charge in [0.2, 0.25) is 0 Å². The lowest BCUT2D eigenvalue weighted by Gasteiger charge is -2.69. The molecule has 0 radical (unpaired) electrons. The summed E-state index contributed by atoms with van der Waals surface area (Å²) < 4.78 is 11.6. The molecule has 1 aliphatic heterocycles. The van der Waals surface area contributed by atoms with E-state index in [0.29, 0.717) is 25.7 Å². The predicted octanol–water partition coefficient (Wildman–Crippen LogP) is 5.02. The summed E-state index contributed by atoms with van der Waals surface area (Å²) in [5.74, 6) is -0.442. The van der Waals surface area contributed by atoms with Crippen molar-refractivity contribution < 1.29 is 29.0 Å². The first-order chi connectivity index (χ1) is 17.1. The van der Waals surface area contributed by atoms with Gasteiger partial charge >= 0.3 is 11.9 Å². The number of ketones is 1. The van der Waals surface area contributed by atoms with Gasteiger partial charge in [0.15, 0.2) is 5.78 Å². The van der Waals surface area contributed by atoms with Gasteiger partial charge in [0.25, 0.3) is 0 Å². The first-order valence-electron chi connectivity index (χ1n) is 14.4. The number of hydrogen-bond acceptors (Lipinski definition) is 6. The van der Waals surface area contributed by atoms with Gasteiger partial charge in [0, 0.05) is 17.8 Å². The number of aliphatic hydroxyl groups excluding tert-OH is 1. The van der Waals surface area contributed by atoms with Gasteiger partial charge in [-0.2, -0.15) is 0 Å². The first kappa shape index (κ1) is 25.6. The van der Waals surface area contributed by atoms with Crippen LogP contribution in [-0.4, -0.2) is 42.1 Å². The summed E-state index contributed by atoms with van der Waals surface area (Å²) in [5, 5.41) is 10.9. The van der Waals surface area contributed by atoms with Crippen molar-refractivity contribution in [2.75, 3.05) is 7.11 Å². The summed E-state index contributed by atoms with van der Waals surface area (Å²) >= 11 is 0. The van der Waals surface area contributed by atoms with E-state index in [-0.39, 0.29) is 63.9 Å². The normalized spacial score (nSPS) is 53.6. The molecule has 6 rings (SSSR count). The Hall–Kier alpha value is -1.69. The van der Waals surface area contributed by atoms with E-state index in [2.05, 4.69) is 34.6 Å². The number of hydrogen-bond donors (Lipinski definition) is 1. The van der Waals surface area contributed by atoms with Gasteiger partial charge in [0.1, 0.15) is 6.10 Å². The lowest BCUT2D eigenvalue weighted by atomic mass is 9.33. The molecule has 2 bridgehead atoms. The number of carbonyl (C=O) groups excluding carboxylic acids is 3. The number of fused-ring (bicyclic) bond motifs is 10. The molecule has 204 valence electrons. The Morgan fingerprint density at radius 2 is 1.68 bits per heavy atom. The molecule has 1 saturated heterocycles. The van der Waals surface area contributed by atoms with E-state index in [1.54, 1.807) is 0 Å². The largest absolute Gasteiger partial charge is 0.468 e. The van der Waals surface area contributed by atoms with Crippen LogP contribution in [0.1, 0.15) is 92.9 Å². The van der Waals surface area contributed by atoms with Gasteiger partial charge in [-0.3, -0.25) is 14.4 Å². The van der Waals surface area contributed by atoms with Crippen LogP contribution in [0.2, 0.25) is 0 Å². The third-order valence-electron chi connectivity index (χ3n) is 13.3. The molecule has 0 aromatic heterocycles. The van der Waals surface area contributed by atoms with Crippen molar-refractivity contribution in [3.8, 4) is 0 Å². The molecule has 0 spiro atoms. The van der Waals surface area contributed by atoms with Gasteiger partial charge in [-0.1, -0.05) is 34.6 Å². The molecule has 5 aliphatic carbocycles. The zero-order valence-electron chi connectivity index (χ0n) is 23.6. The van der Waals surface area contributed by atoms with Crippen LogP contribution in [0.3, 0.4) is 0 Å². The second-order valence-corrected chi connectivity index (χ2v) is 15.1. The summed E-state index contributed by atoms with van der Waals surface area (Å²) in [5.41, 5.74) is -2.06. The summed E-state index contributed by atoms with van der Waals surface area (Å²) in [7, 11) is 1.48. The second-order valence-electron chi connectivity index (χ2n) is 15.1. The number of allylic oxidation sites excluding steroid dienone is 1.